The molecule has 0 bridgehead atoms. The SMILES string of the molecule is O=C(CSc1nnc(NC2CC2)s1)Nc1c(F)cccc1F. The number of hydrogen-bond acceptors (Lipinski definition) is 6. The van der Waals surface area contributed by atoms with E-state index in [1.165, 1.54) is 29.2 Å². The summed E-state index contributed by atoms with van der Waals surface area (Å²) in [5, 5.41) is 14.1. The molecule has 0 unspecified atom stereocenters. The fraction of sp³-hybridized carbons (Fsp3) is 0.308. The van der Waals surface area contributed by atoms with Crippen LogP contribution in [0.25, 0.3) is 0 Å². The minimum Gasteiger partial charge on any atom is -0.357 e. The van der Waals surface area contributed by atoms with Crippen molar-refractivity contribution in [1.29, 1.82) is 0 Å². The fourth-order valence-electron chi connectivity index (χ4n) is 1.65. The Kier molecular flexibility index (Phi) is 4.53. The standard InChI is InChI=1S/C13H12F2N4OS2/c14-8-2-1-3-9(15)11(8)17-10(20)6-21-13-19-18-12(22-13)16-7-4-5-7/h1-3,7H,4-6H2,(H,16,18)(H,17,20). The first-order valence-electron chi connectivity index (χ1n) is 6.58. The second-order valence-corrected chi connectivity index (χ2v) is 6.93. The Hall–Kier alpha value is -1.74. The maximum Gasteiger partial charge on any atom is 0.234 e. The maximum absolute atomic E-state index is 13.4. The number of nitrogens with one attached hydrogen (secondary N) is 2. The van der Waals surface area contributed by atoms with E-state index in [4.69, 9.17) is 0 Å². The van der Waals surface area contributed by atoms with Crippen LogP contribution >= 0.6 is 23.1 Å². The molecular weight excluding hydrogens is 330 g/mol. The second kappa shape index (κ2) is 6.57. The van der Waals surface area contributed by atoms with Crippen LogP contribution < -0.4 is 10.6 Å². The molecule has 1 aliphatic rings. The third-order valence-electron chi connectivity index (χ3n) is 2.87. The van der Waals surface area contributed by atoms with Gasteiger partial charge in [-0.25, -0.2) is 8.78 Å². The molecule has 0 atom stereocenters. The Labute approximate surface area is 133 Å². The van der Waals surface area contributed by atoms with Gasteiger partial charge in [-0.2, -0.15) is 0 Å². The third-order valence-corrected chi connectivity index (χ3v) is 4.85. The van der Waals surface area contributed by atoms with E-state index in [1.807, 2.05) is 0 Å². The maximum atomic E-state index is 13.4. The molecule has 0 saturated heterocycles. The summed E-state index contributed by atoms with van der Waals surface area (Å²) in [4.78, 5) is 11.8. The van der Waals surface area contributed by atoms with Crippen molar-refractivity contribution in [3.63, 3.8) is 0 Å². The van der Waals surface area contributed by atoms with Crippen LogP contribution in [0.2, 0.25) is 0 Å². The van der Waals surface area contributed by atoms with Gasteiger partial charge in [0.1, 0.15) is 17.3 Å². The second-order valence-electron chi connectivity index (χ2n) is 4.73. The average molecular weight is 342 g/mol. The molecule has 0 aliphatic heterocycles. The van der Waals surface area contributed by atoms with Crippen molar-refractivity contribution in [3.05, 3.63) is 29.8 Å². The highest BCUT2D eigenvalue weighted by molar-refractivity contribution is 8.01. The molecule has 0 radical (unpaired) electrons. The van der Waals surface area contributed by atoms with E-state index in [-0.39, 0.29) is 5.75 Å². The summed E-state index contributed by atoms with van der Waals surface area (Å²) in [6.45, 7) is 0. The Balaban J connectivity index is 1.52. The smallest absolute Gasteiger partial charge is 0.234 e. The molecular formula is C13H12F2N4OS2. The molecule has 1 aromatic carbocycles. The van der Waals surface area contributed by atoms with Crippen molar-refractivity contribution in [2.24, 2.45) is 0 Å². The van der Waals surface area contributed by atoms with E-state index in [0.717, 1.165) is 30.1 Å². The van der Waals surface area contributed by atoms with Crippen molar-refractivity contribution < 1.29 is 13.6 Å². The highest BCUT2D eigenvalue weighted by Gasteiger charge is 2.22. The molecule has 2 N–H and O–H groups in total. The predicted octanol–water partition coefficient (Wildman–Crippen LogP) is 3.12. The number of nitrogens with zero attached hydrogens (tertiary/aromatic N) is 2. The normalized spacial score (nSPS) is 13.9. The van der Waals surface area contributed by atoms with Crippen LogP contribution in [0.4, 0.5) is 19.6 Å². The molecule has 1 heterocycles. The van der Waals surface area contributed by atoms with Gasteiger partial charge in [0.25, 0.3) is 0 Å². The molecule has 0 spiro atoms. The van der Waals surface area contributed by atoms with Crippen LogP contribution in [0.5, 0.6) is 0 Å². The lowest BCUT2D eigenvalue weighted by Crippen LogP contribution is -2.16. The number of hydrogen-bond donors (Lipinski definition) is 2. The lowest BCUT2D eigenvalue weighted by molar-refractivity contribution is -0.113. The molecule has 1 fully saturated rings. The summed E-state index contributed by atoms with van der Waals surface area (Å²) >= 11 is 2.53. The number of benzene rings is 1. The lowest BCUT2D eigenvalue weighted by Gasteiger charge is -2.06. The van der Waals surface area contributed by atoms with Crippen LogP contribution in [-0.4, -0.2) is 27.9 Å². The van der Waals surface area contributed by atoms with Gasteiger partial charge in [-0.05, 0) is 25.0 Å². The number of carbonyl (C=O) groups excluding carboxylic acids is 1. The van der Waals surface area contributed by atoms with Gasteiger partial charge in [0.15, 0.2) is 4.34 Å². The van der Waals surface area contributed by atoms with E-state index in [1.54, 1.807) is 0 Å². The topological polar surface area (TPSA) is 66.9 Å². The molecule has 1 amide bonds. The van der Waals surface area contributed by atoms with E-state index in [0.29, 0.717) is 10.4 Å². The largest absolute Gasteiger partial charge is 0.357 e. The van der Waals surface area contributed by atoms with Crippen LogP contribution in [-0.2, 0) is 4.79 Å². The summed E-state index contributed by atoms with van der Waals surface area (Å²) < 4.78 is 27.5. The fourth-order valence-corrected chi connectivity index (χ4v) is 3.28. The van der Waals surface area contributed by atoms with Gasteiger partial charge in [0.2, 0.25) is 11.0 Å². The number of carbonyl (C=O) groups is 1. The zero-order chi connectivity index (χ0) is 15.5. The minimum absolute atomic E-state index is 0.00579. The number of thioether (sulfide) groups is 1. The van der Waals surface area contributed by atoms with Crippen LogP contribution in [0.1, 0.15) is 12.8 Å². The van der Waals surface area contributed by atoms with Crippen LogP contribution in [0, 0.1) is 11.6 Å². The summed E-state index contributed by atoms with van der Waals surface area (Å²) in [6, 6.07) is 3.90. The first-order valence-corrected chi connectivity index (χ1v) is 8.39. The number of para-hydroxylation sites is 1. The highest BCUT2D eigenvalue weighted by atomic mass is 32.2. The Morgan fingerprint density at radius 1 is 1.32 bits per heavy atom. The van der Waals surface area contributed by atoms with E-state index in [9.17, 15) is 13.6 Å². The Morgan fingerprint density at radius 2 is 2.05 bits per heavy atom. The zero-order valence-corrected chi connectivity index (χ0v) is 12.9. The molecule has 9 heteroatoms. The Bertz CT molecular complexity index is 670. The van der Waals surface area contributed by atoms with Crippen molar-refractivity contribution in [2.75, 3.05) is 16.4 Å². The van der Waals surface area contributed by atoms with Gasteiger partial charge in [0, 0.05) is 6.04 Å². The molecule has 5 nitrogen and oxygen atoms in total. The predicted molar refractivity (Wildman–Crippen MR) is 82.3 cm³/mol. The van der Waals surface area contributed by atoms with Crippen LogP contribution in [0.3, 0.4) is 0 Å². The summed E-state index contributed by atoms with van der Waals surface area (Å²) in [6.07, 6.45) is 2.28. The van der Waals surface area contributed by atoms with Crippen LogP contribution in [0.15, 0.2) is 22.5 Å². The quantitative estimate of drug-likeness (QED) is 0.790. The first kappa shape index (κ1) is 15.2. The molecule has 2 aromatic rings. The zero-order valence-electron chi connectivity index (χ0n) is 11.3. The molecule has 1 saturated carbocycles. The number of rotatable bonds is 6. The highest BCUT2D eigenvalue weighted by Crippen LogP contribution is 2.30. The van der Waals surface area contributed by atoms with E-state index < -0.39 is 23.2 Å². The van der Waals surface area contributed by atoms with Gasteiger partial charge in [-0.3, -0.25) is 4.79 Å². The van der Waals surface area contributed by atoms with Gasteiger partial charge >= 0.3 is 0 Å². The van der Waals surface area contributed by atoms with Crippen molar-refractivity contribution in [1.82, 2.24) is 10.2 Å². The van der Waals surface area contributed by atoms with Gasteiger partial charge < -0.3 is 10.6 Å². The lowest BCUT2D eigenvalue weighted by atomic mass is 10.3. The summed E-state index contributed by atoms with van der Waals surface area (Å²) in [5.41, 5.74) is -0.429. The molecule has 3 rings (SSSR count). The number of aromatic nitrogens is 2. The molecule has 116 valence electrons. The summed E-state index contributed by atoms with van der Waals surface area (Å²) in [5.74, 6) is -2.09. The van der Waals surface area contributed by atoms with E-state index >= 15 is 0 Å². The Morgan fingerprint density at radius 3 is 2.73 bits per heavy atom. The number of halogens is 2. The first-order chi connectivity index (χ1) is 10.6. The van der Waals surface area contributed by atoms with E-state index in [2.05, 4.69) is 20.8 Å². The van der Waals surface area contributed by atoms with Gasteiger partial charge in [-0.1, -0.05) is 29.2 Å². The average Bonchev–Trinajstić information content (AvgIpc) is 3.18. The molecule has 1 aromatic heterocycles. The third kappa shape index (κ3) is 3.92. The molecule has 1 aliphatic carbocycles. The van der Waals surface area contributed by atoms with Crippen molar-refractivity contribution >= 4 is 39.8 Å². The van der Waals surface area contributed by atoms with Gasteiger partial charge in [-0.15, -0.1) is 10.2 Å². The number of amides is 1. The van der Waals surface area contributed by atoms with Gasteiger partial charge in [0.05, 0.1) is 5.75 Å². The number of anilines is 2. The minimum atomic E-state index is -0.801. The monoisotopic (exact) mass is 342 g/mol. The van der Waals surface area contributed by atoms with Crippen molar-refractivity contribution in [3.8, 4) is 0 Å². The summed E-state index contributed by atoms with van der Waals surface area (Å²) in [7, 11) is 0. The van der Waals surface area contributed by atoms with Crippen molar-refractivity contribution in [2.45, 2.75) is 23.2 Å². The molecule has 22 heavy (non-hydrogen) atoms.